The molecular formula is C20H19NO3. The fourth-order valence-corrected chi connectivity index (χ4v) is 3.52. The molecule has 24 heavy (non-hydrogen) atoms. The van der Waals surface area contributed by atoms with Crippen LogP contribution in [0.2, 0.25) is 0 Å². The van der Waals surface area contributed by atoms with E-state index in [9.17, 15) is 9.59 Å². The Bertz CT molecular complexity index is 828. The fraction of sp³-hybridized carbons (Fsp3) is 0.300. The summed E-state index contributed by atoms with van der Waals surface area (Å²) in [5, 5.41) is 2.07. The molecule has 2 heterocycles. The molecule has 0 aliphatic carbocycles. The number of fused-ring (bicyclic) bond motifs is 1. The lowest BCUT2D eigenvalue weighted by Gasteiger charge is -2.26. The van der Waals surface area contributed by atoms with Crippen LogP contribution in [0.15, 0.2) is 48.5 Å². The molecule has 2 aliphatic heterocycles. The van der Waals surface area contributed by atoms with Crippen molar-refractivity contribution in [1.29, 1.82) is 0 Å². The van der Waals surface area contributed by atoms with Crippen molar-refractivity contribution in [2.75, 3.05) is 19.8 Å². The summed E-state index contributed by atoms with van der Waals surface area (Å²) in [7, 11) is 0. The Morgan fingerprint density at radius 2 is 1.75 bits per heavy atom. The Balaban J connectivity index is 1.63. The molecule has 0 saturated carbocycles. The van der Waals surface area contributed by atoms with E-state index in [2.05, 4.69) is 0 Å². The maximum atomic E-state index is 12.8. The summed E-state index contributed by atoms with van der Waals surface area (Å²) in [5.41, 5.74) is 1.34. The molecule has 0 aromatic heterocycles. The van der Waals surface area contributed by atoms with Crippen molar-refractivity contribution in [2.24, 2.45) is 5.92 Å². The molecule has 0 atom stereocenters. The SMILES string of the molecule is O=C1C=C(c2cccc3ccccc23)C(=O)N1CC1CCOCC1. The second kappa shape index (κ2) is 6.21. The number of imide groups is 1. The van der Waals surface area contributed by atoms with Gasteiger partial charge in [0.1, 0.15) is 0 Å². The number of rotatable bonds is 3. The minimum atomic E-state index is -0.200. The van der Waals surface area contributed by atoms with Gasteiger partial charge in [0.25, 0.3) is 11.8 Å². The van der Waals surface area contributed by atoms with E-state index >= 15 is 0 Å². The van der Waals surface area contributed by atoms with E-state index in [0.717, 1.165) is 29.2 Å². The number of nitrogens with zero attached hydrogens (tertiary/aromatic N) is 1. The van der Waals surface area contributed by atoms with Gasteiger partial charge < -0.3 is 4.74 Å². The molecule has 0 N–H and O–H groups in total. The van der Waals surface area contributed by atoms with Crippen LogP contribution in [0.5, 0.6) is 0 Å². The van der Waals surface area contributed by atoms with Gasteiger partial charge in [0, 0.05) is 25.8 Å². The van der Waals surface area contributed by atoms with Gasteiger partial charge in [-0.2, -0.15) is 0 Å². The van der Waals surface area contributed by atoms with Crippen molar-refractivity contribution in [3.63, 3.8) is 0 Å². The third-order valence-corrected chi connectivity index (χ3v) is 4.87. The van der Waals surface area contributed by atoms with E-state index in [1.54, 1.807) is 0 Å². The number of hydrogen-bond acceptors (Lipinski definition) is 3. The molecule has 0 radical (unpaired) electrons. The molecule has 0 unspecified atom stereocenters. The third kappa shape index (κ3) is 2.63. The Hall–Kier alpha value is -2.46. The van der Waals surface area contributed by atoms with Crippen molar-refractivity contribution in [3.05, 3.63) is 54.1 Å². The number of carbonyl (C=O) groups is 2. The van der Waals surface area contributed by atoms with Crippen LogP contribution in [0.25, 0.3) is 16.3 Å². The van der Waals surface area contributed by atoms with Gasteiger partial charge in [-0.05, 0) is 35.1 Å². The van der Waals surface area contributed by atoms with E-state index < -0.39 is 0 Å². The topological polar surface area (TPSA) is 46.6 Å². The third-order valence-electron chi connectivity index (χ3n) is 4.87. The predicted octanol–water partition coefficient (Wildman–Crippen LogP) is 3.02. The number of hydrogen-bond donors (Lipinski definition) is 0. The van der Waals surface area contributed by atoms with Crippen LogP contribution in [-0.4, -0.2) is 36.5 Å². The molecule has 2 aliphatic rings. The van der Waals surface area contributed by atoms with E-state index in [-0.39, 0.29) is 11.8 Å². The first-order valence-electron chi connectivity index (χ1n) is 8.37. The molecule has 1 fully saturated rings. The van der Waals surface area contributed by atoms with Crippen LogP contribution >= 0.6 is 0 Å². The fourth-order valence-electron chi connectivity index (χ4n) is 3.52. The van der Waals surface area contributed by atoms with Gasteiger partial charge >= 0.3 is 0 Å². The summed E-state index contributed by atoms with van der Waals surface area (Å²) in [6.07, 6.45) is 3.30. The van der Waals surface area contributed by atoms with Crippen molar-refractivity contribution in [3.8, 4) is 0 Å². The first-order chi connectivity index (χ1) is 11.7. The van der Waals surface area contributed by atoms with Gasteiger partial charge in [0.05, 0.1) is 5.57 Å². The van der Waals surface area contributed by atoms with Crippen molar-refractivity contribution in [1.82, 2.24) is 4.90 Å². The monoisotopic (exact) mass is 321 g/mol. The highest BCUT2D eigenvalue weighted by Gasteiger charge is 2.34. The van der Waals surface area contributed by atoms with Crippen LogP contribution in [0.3, 0.4) is 0 Å². The van der Waals surface area contributed by atoms with Gasteiger partial charge in [-0.1, -0.05) is 42.5 Å². The highest BCUT2D eigenvalue weighted by Crippen LogP contribution is 2.30. The lowest BCUT2D eigenvalue weighted by Crippen LogP contribution is -2.37. The second-order valence-corrected chi connectivity index (χ2v) is 6.39. The van der Waals surface area contributed by atoms with Gasteiger partial charge in [-0.25, -0.2) is 0 Å². The lowest BCUT2D eigenvalue weighted by atomic mass is 9.97. The number of amides is 2. The zero-order valence-electron chi connectivity index (χ0n) is 13.4. The molecule has 2 aromatic carbocycles. The van der Waals surface area contributed by atoms with Gasteiger partial charge in [0.15, 0.2) is 0 Å². The summed E-state index contributed by atoms with van der Waals surface area (Å²) in [5.74, 6) is -0.0378. The highest BCUT2D eigenvalue weighted by molar-refractivity contribution is 6.35. The molecule has 1 saturated heterocycles. The van der Waals surface area contributed by atoms with Crippen LogP contribution in [0.4, 0.5) is 0 Å². The number of carbonyl (C=O) groups excluding carboxylic acids is 2. The summed E-state index contributed by atoms with van der Waals surface area (Å²) in [6.45, 7) is 1.92. The summed E-state index contributed by atoms with van der Waals surface area (Å²) in [4.78, 5) is 26.6. The molecule has 4 nitrogen and oxygen atoms in total. The number of benzene rings is 2. The Morgan fingerprint density at radius 1 is 1.00 bits per heavy atom. The van der Waals surface area contributed by atoms with Gasteiger partial charge in [-0.3, -0.25) is 14.5 Å². The van der Waals surface area contributed by atoms with Crippen LogP contribution in [0.1, 0.15) is 18.4 Å². The minimum absolute atomic E-state index is 0.178. The molecular weight excluding hydrogens is 302 g/mol. The number of ether oxygens (including phenoxy) is 1. The molecule has 4 heteroatoms. The summed E-state index contributed by atoms with van der Waals surface area (Å²) in [6, 6.07) is 13.8. The average Bonchev–Trinajstić information content (AvgIpc) is 2.90. The minimum Gasteiger partial charge on any atom is -0.381 e. The zero-order chi connectivity index (χ0) is 16.5. The summed E-state index contributed by atoms with van der Waals surface area (Å²) >= 11 is 0. The van der Waals surface area contributed by atoms with Crippen molar-refractivity contribution in [2.45, 2.75) is 12.8 Å². The highest BCUT2D eigenvalue weighted by atomic mass is 16.5. The van der Waals surface area contributed by atoms with E-state index in [1.807, 2.05) is 42.5 Å². The lowest BCUT2D eigenvalue weighted by molar-refractivity contribution is -0.137. The van der Waals surface area contributed by atoms with E-state index in [0.29, 0.717) is 31.2 Å². The van der Waals surface area contributed by atoms with Crippen LogP contribution in [-0.2, 0) is 14.3 Å². The average molecular weight is 321 g/mol. The Morgan fingerprint density at radius 3 is 2.58 bits per heavy atom. The standard InChI is InChI=1S/C20H19NO3/c22-19-12-18(17-7-3-5-15-4-1-2-6-16(15)17)20(23)21(19)13-14-8-10-24-11-9-14/h1-7,12,14H,8-11,13H2. The first-order valence-corrected chi connectivity index (χ1v) is 8.37. The van der Waals surface area contributed by atoms with Crippen LogP contribution < -0.4 is 0 Å². The van der Waals surface area contributed by atoms with E-state index in [4.69, 9.17) is 4.74 Å². The maximum Gasteiger partial charge on any atom is 0.261 e. The van der Waals surface area contributed by atoms with Crippen molar-refractivity contribution >= 4 is 28.2 Å². The first kappa shape index (κ1) is 15.1. The summed E-state index contributed by atoms with van der Waals surface area (Å²) < 4.78 is 5.36. The normalized spacial score (nSPS) is 19.2. The quantitative estimate of drug-likeness (QED) is 0.817. The zero-order valence-corrected chi connectivity index (χ0v) is 13.4. The smallest absolute Gasteiger partial charge is 0.261 e. The molecule has 2 aromatic rings. The molecule has 0 bridgehead atoms. The van der Waals surface area contributed by atoms with Gasteiger partial charge in [0.2, 0.25) is 0 Å². The Kier molecular flexibility index (Phi) is 3.90. The molecule has 122 valence electrons. The largest absolute Gasteiger partial charge is 0.381 e. The predicted molar refractivity (Wildman–Crippen MR) is 92.2 cm³/mol. The maximum absolute atomic E-state index is 12.8. The molecule has 4 rings (SSSR count). The van der Waals surface area contributed by atoms with Crippen LogP contribution in [0, 0.1) is 5.92 Å². The molecule has 0 spiro atoms. The van der Waals surface area contributed by atoms with Gasteiger partial charge in [-0.15, -0.1) is 0 Å². The second-order valence-electron chi connectivity index (χ2n) is 6.39. The van der Waals surface area contributed by atoms with Crippen molar-refractivity contribution < 1.29 is 14.3 Å². The molecule has 2 amide bonds. The van der Waals surface area contributed by atoms with E-state index in [1.165, 1.54) is 11.0 Å². The Labute approximate surface area is 140 Å².